The Labute approximate surface area is 122 Å². The van der Waals surface area contributed by atoms with Crippen molar-refractivity contribution in [1.82, 2.24) is 4.90 Å². The molecule has 18 heavy (non-hydrogen) atoms. The second-order valence-electron chi connectivity index (χ2n) is 4.53. The summed E-state index contributed by atoms with van der Waals surface area (Å²) in [5, 5.41) is 0. The Balaban J connectivity index is 0.00000162. The summed E-state index contributed by atoms with van der Waals surface area (Å²) >= 11 is 3.42. The number of likely N-dealkylation sites (tertiary alicyclic amines) is 1. The lowest BCUT2D eigenvalue weighted by Gasteiger charge is -2.26. The van der Waals surface area contributed by atoms with Gasteiger partial charge < -0.3 is 10.6 Å². The summed E-state index contributed by atoms with van der Waals surface area (Å²) in [6, 6.07) is 7.96. The SMILES string of the molecule is C[C@@H](N)C(=O)N1CCCC1c1ccc(Br)cc1.Cl. The van der Waals surface area contributed by atoms with Gasteiger partial charge in [0.1, 0.15) is 0 Å². The molecule has 1 aromatic rings. The van der Waals surface area contributed by atoms with Gasteiger partial charge in [-0.2, -0.15) is 0 Å². The van der Waals surface area contributed by atoms with Gasteiger partial charge in [0.15, 0.2) is 0 Å². The first-order valence-corrected chi connectivity index (χ1v) is 6.70. The summed E-state index contributed by atoms with van der Waals surface area (Å²) in [6.45, 7) is 2.57. The van der Waals surface area contributed by atoms with Crippen LogP contribution in [-0.4, -0.2) is 23.4 Å². The smallest absolute Gasteiger partial charge is 0.239 e. The molecule has 0 spiro atoms. The molecule has 1 fully saturated rings. The van der Waals surface area contributed by atoms with Crippen molar-refractivity contribution >= 4 is 34.2 Å². The van der Waals surface area contributed by atoms with E-state index in [2.05, 4.69) is 28.1 Å². The van der Waals surface area contributed by atoms with Crippen molar-refractivity contribution in [2.24, 2.45) is 5.73 Å². The number of halogens is 2. The Morgan fingerprint density at radius 2 is 2.06 bits per heavy atom. The van der Waals surface area contributed by atoms with Crippen molar-refractivity contribution in [2.45, 2.75) is 31.8 Å². The predicted octanol–water partition coefficient (Wildman–Crippen LogP) is 2.88. The quantitative estimate of drug-likeness (QED) is 0.904. The maximum Gasteiger partial charge on any atom is 0.239 e. The third kappa shape index (κ3) is 3.25. The lowest BCUT2D eigenvalue weighted by atomic mass is 10.0. The first kappa shape index (κ1) is 15.5. The summed E-state index contributed by atoms with van der Waals surface area (Å²) in [7, 11) is 0. The van der Waals surface area contributed by atoms with Crippen molar-refractivity contribution in [3.8, 4) is 0 Å². The number of hydrogen-bond donors (Lipinski definition) is 1. The second kappa shape index (κ2) is 6.55. The van der Waals surface area contributed by atoms with E-state index in [1.165, 1.54) is 5.56 Å². The van der Waals surface area contributed by atoms with Crippen LogP contribution in [0.25, 0.3) is 0 Å². The predicted molar refractivity (Wildman–Crippen MR) is 78.7 cm³/mol. The zero-order valence-corrected chi connectivity index (χ0v) is 12.7. The summed E-state index contributed by atoms with van der Waals surface area (Å²) in [5.74, 6) is 0.0513. The minimum atomic E-state index is -0.411. The van der Waals surface area contributed by atoms with E-state index in [0.29, 0.717) is 0 Å². The van der Waals surface area contributed by atoms with Gasteiger partial charge >= 0.3 is 0 Å². The molecule has 1 heterocycles. The van der Waals surface area contributed by atoms with E-state index in [1.54, 1.807) is 6.92 Å². The highest BCUT2D eigenvalue weighted by Gasteiger charge is 2.31. The van der Waals surface area contributed by atoms with Crippen LogP contribution in [0, 0.1) is 0 Å². The van der Waals surface area contributed by atoms with Crippen LogP contribution in [-0.2, 0) is 4.79 Å². The molecule has 1 unspecified atom stereocenters. The van der Waals surface area contributed by atoms with E-state index in [9.17, 15) is 4.79 Å². The van der Waals surface area contributed by atoms with Gasteiger partial charge in [0.05, 0.1) is 12.1 Å². The van der Waals surface area contributed by atoms with Crippen LogP contribution in [0.2, 0.25) is 0 Å². The standard InChI is InChI=1S/C13H17BrN2O.ClH/c1-9(15)13(17)16-8-2-3-12(16)10-4-6-11(14)7-5-10;/h4-7,9,12H,2-3,8,15H2,1H3;1H/t9-,12?;/m1./s1. The molecule has 0 radical (unpaired) electrons. The zero-order valence-electron chi connectivity index (χ0n) is 10.3. The Morgan fingerprint density at radius 3 is 2.61 bits per heavy atom. The van der Waals surface area contributed by atoms with Gasteiger partial charge in [0.2, 0.25) is 5.91 Å². The number of nitrogens with zero attached hydrogens (tertiary/aromatic N) is 1. The van der Waals surface area contributed by atoms with Crippen molar-refractivity contribution in [2.75, 3.05) is 6.54 Å². The number of carbonyl (C=O) groups is 1. The van der Waals surface area contributed by atoms with Gasteiger partial charge in [-0.15, -0.1) is 12.4 Å². The van der Waals surface area contributed by atoms with Crippen molar-refractivity contribution < 1.29 is 4.79 Å². The maximum absolute atomic E-state index is 12.0. The topological polar surface area (TPSA) is 46.3 Å². The summed E-state index contributed by atoms with van der Waals surface area (Å²) in [4.78, 5) is 13.9. The van der Waals surface area contributed by atoms with Gasteiger partial charge in [-0.25, -0.2) is 0 Å². The van der Waals surface area contributed by atoms with Crippen LogP contribution >= 0.6 is 28.3 Å². The second-order valence-corrected chi connectivity index (χ2v) is 5.45. The average Bonchev–Trinajstić information content (AvgIpc) is 2.77. The molecule has 0 bridgehead atoms. The molecule has 100 valence electrons. The van der Waals surface area contributed by atoms with Crippen LogP contribution < -0.4 is 5.73 Å². The summed E-state index contributed by atoms with van der Waals surface area (Å²) in [6.07, 6.45) is 2.08. The Bertz CT molecular complexity index is 408. The minimum absolute atomic E-state index is 0. The minimum Gasteiger partial charge on any atom is -0.334 e. The molecule has 2 N–H and O–H groups in total. The molecule has 1 aliphatic rings. The molecule has 5 heteroatoms. The number of amides is 1. The normalized spacial score (nSPS) is 20.4. The van der Waals surface area contributed by atoms with E-state index >= 15 is 0 Å². The van der Waals surface area contributed by atoms with Crippen LogP contribution in [0.4, 0.5) is 0 Å². The third-order valence-corrected chi connectivity index (χ3v) is 3.71. The fourth-order valence-corrected chi connectivity index (χ4v) is 2.59. The number of carbonyl (C=O) groups excluding carboxylic acids is 1. The molecule has 1 aromatic carbocycles. The maximum atomic E-state index is 12.0. The number of rotatable bonds is 2. The van der Waals surface area contributed by atoms with Crippen LogP contribution in [0.5, 0.6) is 0 Å². The Hall–Kier alpha value is -0.580. The fourth-order valence-electron chi connectivity index (χ4n) is 2.32. The Kier molecular flexibility index (Phi) is 5.63. The number of benzene rings is 1. The van der Waals surface area contributed by atoms with Crippen molar-refractivity contribution in [3.05, 3.63) is 34.3 Å². The summed E-state index contributed by atoms with van der Waals surface area (Å²) < 4.78 is 1.06. The molecule has 0 saturated carbocycles. The van der Waals surface area contributed by atoms with E-state index < -0.39 is 6.04 Å². The van der Waals surface area contributed by atoms with Crippen molar-refractivity contribution in [3.63, 3.8) is 0 Å². The molecule has 2 rings (SSSR count). The van der Waals surface area contributed by atoms with E-state index in [4.69, 9.17) is 5.73 Å². The van der Waals surface area contributed by atoms with Gasteiger partial charge in [-0.3, -0.25) is 4.79 Å². The number of nitrogens with two attached hydrogens (primary N) is 1. The van der Waals surface area contributed by atoms with E-state index in [1.807, 2.05) is 17.0 Å². The molecule has 0 aliphatic carbocycles. The number of hydrogen-bond acceptors (Lipinski definition) is 2. The van der Waals surface area contributed by atoms with Crippen LogP contribution in [0.3, 0.4) is 0 Å². The highest BCUT2D eigenvalue weighted by atomic mass is 79.9. The van der Waals surface area contributed by atoms with Crippen molar-refractivity contribution in [1.29, 1.82) is 0 Å². The average molecular weight is 334 g/mol. The lowest BCUT2D eigenvalue weighted by molar-refractivity contribution is -0.133. The van der Waals surface area contributed by atoms with E-state index in [0.717, 1.165) is 23.9 Å². The molecule has 3 nitrogen and oxygen atoms in total. The molecule has 1 amide bonds. The summed E-state index contributed by atoms with van der Waals surface area (Å²) in [5.41, 5.74) is 6.88. The molecular formula is C13H18BrClN2O. The highest BCUT2D eigenvalue weighted by Crippen LogP contribution is 2.32. The molecule has 1 aliphatic heterocycles. The molecule has 2 atom stereocenters. The van der Waals surface area contributed by atoms with Gasteiger partial charge in [0, 0.05) is 11.0 Å². The zero-order chi connectivity index (χ0) is 12.4. The molecule has 1 saturated heterocycles. The lowest BCUT2D eigenvalue weighted by Crippen LogP contribution is -2.41. The monoisotopic (exact) mass is 332 g/mol. The highest BCUT2D eigenvalue weighted by molar-refractivity contribution is 9.10. The molecular weight excluding hydrogens is 316 g/mol. The van der Waals surface area contributed by atoms with E-state index in [-0.39, 0.29) is 24.4 Å². The first-order valence-electron chi connectivity index (χ1n) is 5.91. The molecule has 0 aromatic heterocycles. The third-order valence-electron chi connectivity index (χ3n) is 3.18. The van der Waals surface area contributed by atoms with Gasteiger partial charge in [-0.05, 0) is 37.5 Å². The largest absolute Gasteiger partial charge is 0.334 e. The van der Waals surface area contributed by atoms with Gasteiger partial charge in [0.25, 0.3) is 0 Å². The first-order chi connectivity index (χ1) is 8.09. The Morgan fingerprint density at radius 1 is 1.44 bits per heavy atom. The van der Waals surface area contributed by atoms with Crippen LogP contribution in [0.15, 0.2) is 28.7 Å². The van der Waals surface area contributed by atoms with Gasteiger partial charge in [-0.1, -0.05) is 28.1 Å². The van der Waals surface area contributed by atoms with Crippen LogP contribution in [0.1, 0.15) is 31.4 Å². The fraction of sp³-hybridized carbons (Fsp3) is 0.462.